The molecule has 0 unspecified atom stereocenters. The van der Waals surface area contributed by atoms with Crippen LogP contribution in [0.3, 0.4) is 0 Å². The van der Waals surface area contributed by atoms with Crippen molar-refractivity contribution in [3.63, 3.8) is 0 Å². The summed E-state index contributed by atoms with van der Waals surface area (Å²) in [4.78, 5) is 12.6. The zero-order valence-corrected chi connectivity index (χ0v) is 17.6. The summed E-state index contributed by atoms with van der Waals surface area (Å²) < 4.78 is 37.6. The molecule has 1 N–H and O–H groups in total. The van der Waals surface area contributed by atoms with E-state index in [2.05, 4.69) is 5.32 Å². The molecule has 0 spiro atoms. The predicted molar refractivity (Wildman–Crippen MR) is 110 cm³/mol. The zero-order chi connectivity index (χ0) is 20.9. The molecule has 1 aliphatic rings. The Hall–Kier alpha value is -2.29. The maximum absolute atomic E-state index is 12.7. The fourth-order valence-electron chi connectivity index (χ4n) is 3.04. The molecular weight excluding hydrogens is 416 g/mol. The monoisotopic (exact) mass is 438 g/mol. The first-order valence-electron chi connectivity index (χ1n) is 9.26. The number of carbonyl (C=O) groups excluding carboxylic acids is 1. The molecule has 0 aliphatic carbocycles. The summed E-state index contributed by atoms with van der Waals surface area (Å²) >= 11 is 6.13. The van der Waals surface area contributed by atoms with Crippen LogP contribution in [0.2, 0.25) is 5.02 Å². The van der Waals surface area contributed by atoms with E-state index in [-0.39, 0.29) is 28.6 Å². The van der Waals surface area contributed by atoms with Crippen LogP contribution < -0.4 is 14.8 Å². The van der Waals surface area contributed by atoms with Gasteiger partial charge >= 0.3 is 0 Å². The van der Waals surface area contributed by atoms with Crippen molar-refractivity contribution in [2.75, 3.05) is 33.4 Å². The van der Waals surface area contributed by atoms with Gasteiger partial charge in [-0.1, -0.05) is 17.7 Å². The van der Waals surface area contributed by atoms with Crippen LogP contribution in [0.5, 0.6) is 11.5 Å². The summed E-state index contributed by atoms with van der Waals surface area (Å²) in [7, 11) is -2.05. The lowest BCUT2D eigenvalue weighted by atomic mass is 10.2. The quantitative estimate of drug-likeness (QED) is 0.640. The Morgan fingerprint density at radius 1 is 1.14 bits per heavy atom. The summed E-state index contributed by atoms with van der Waals surface area (Å²) in [5.41, 5.74) is 0.119. The lowest BCUT2D eigenvalue weighted by Gasteiger charge is -2.16. The number of sulfonamides is 1. The molecule has 7 nitrogen and oxygen atoms in total. The zero-order valence-electron chi connectivity index (χ0n) is 16.1. The Kier molecular flexibility index (Phi) is 7.00. The Morgan fingerprint density at radius 2 is 1.86 bits per heavy atom. The topological polar surface area (TPSA) is 84.9 Å². The number of nitrogens with one attached hydrogen (secondary N) is 1. The summed E-state index contributed by atoms with van der Waals surface area (Å²) in [6.45, 7) is 1.46. The highest BCUT2D eigenvalue weighted by Crippen LogP contribution is 2.25. The Morgan fingerprint density at radius 3 is 2.59 bits per heavy atom. The molecule has 29 heavy (non-hydrogen) atoms. The van der Waals surface area contributed by atoms with Crippen LogP contribution in [-0.2, 0) is 10.0 Å². The second kappa shape index (κ2) is 9.47. The van der Waals surface area contributed by atoms with Crippen LogP contribution in [0.25, 0.3) is 0 Å². The second-order valence-corrected chi connectivity index (χ2v) is 8.88. The van der Waals surface area contributed by atoms with E-state index in [1.54, 1.807) is 31.4 Å². The number of ether oxygens (including phenoxy) is 2. The van der Waals surface area contributed by atoms with E-state index in [0.29, 0.717) is 24.6 Å². The minimum atomic E-state index is -3.62. The number of nitrogens with zero attached hydrogens (tertiary/aromatic N) is 1. The number of hydrogen-bond acceptors (Lipinski definition) is 5. The van der Waals surface area contributed by atoms with Crippen LogP contribution in [0.1, 0.15) is 23.2 Å². The molecule has 1 heterocycles. The van der Waals surface area contributed by atoms with Crippen molar-refractivity contribution >= 4 is 27.5 Å². The summed E-state index contributed by atoms with van der Waals surface area (Å²) in [5.74, 6) is 0.840. The number of carbonyl (C=O) groups is 1. The maximum atomic E-state index is 12.7. The van der Waals surface area contributed by atoms with Gasteiger partial charge in [-0.2, -0.15) is 4.31 Å². The molecule has 3 rings (SSSR count). The first kappa shape index (κ1) is 21.4. The van der Waals surface area contributed by atoms with Crippen molar-refractivity contribution < 1.29 is 22.7 Å². The third kappa shape index (κ3) is 5.20. The van der Waals surface area contributed by atoms with E-state index >= 15 is 0 Å². The van der Waals surface area contributed by atoms with Gasteiger partial charge in [-0.3, -0.25) is 4.79 Å². The first-order valence-corrected chi connectivity index (χ1v) is 11.1. The standard InChI is InChI=1S/C20H23ClN2O5S/c1-27-15-5-4-6-16(13-15)28-12-9-22-20(24)18-14-17(7-8-19(18)21)29(25,26)23-10-2-3-11-23/h4-8,13-14H,2-3,9-12H2,1H3,(H,22,24). The Bertz CT molecular complexity index is 975. The highest BCUT2D eigenvalue weighted by molar-refractivity contribution is 7.89. The van der Waals surface area contributed by atoms with Gasteiger partial charge in [0, 0.05) is 19.2 Å². The normalized spacial score (nSPS) is 14.6. The molecular formula is C20H23ClN2O5S. The van der Waals surface area contributed by atoms with E-state index in [0.717, 1.165) is 12.8 Å². The summed E-state index contributed by atoms with van der Waals surface area (Å²) in [5, 5.41) is 2.89. The van der Waals surface area contributed by atoms with Crippen molar-refractivity contribution in [2.45, 2.75) is 17.7 Å². The second-order valence-electron chi connectivity index (χ2n) is 6.54. The lowest BCUT2D eigenvalue weighted by molar-refractivity contribution is 0.0947. The number of rotatable bonds is 8. The number of halogens is 1. The van der Waals surface area contributed by atoms with Gasteiger partial charge in [-0.25, -0.2) is 8.42 Å². The van der Waals surface area contributed by atoms with Crippen molar-refractivity contribution in [1.29, 1.82) is 0 Å². The molecule has 1 amide bonds. The van der Waals surface area contributed by atoms with Gasteiger partial charge in [0.1, 0.15) is 18.1 Å². The molecule has 1 fully saturated rings. The van der Waals surface area contributed by atoms with Gasteiger partial charge in [0.25, 0.3) is 5.91 Å². The Balaban J connectivity index is 1.61. The van der Waals surface area contributed by atoms with Crippen molar-refractivity contribution in [3.8, 4) is 11.5 Å². The predicted octanol–water partition coefficient (Wildman–Crippen LogP) is 2.94. The molecule has 0 aromatic heterocycles. The van der Waals surface area contributed by atoms with Crippen LogP contribution in [0, 0.1) is 0 Å². The van der Waals surface area contributed by atoms with Crippen molar-refractivity contribution in [1.82, 2.24) is 9.62 Å². The Labute approximate surface area is 175 Å². The lowest BCUT2D eigenvalue weighted by Crippen LogP contribution is -2.30. The van der Waals surface area contributed by atoms with E-state index in [9.17, 15) is 13.2 Å². The van der Waals surface area contributed by atoms with Gasteiger partial charge < -0.3 is 14.8 Å². The number of benzene rings is 2. The fraction of sp³-hybridized carbons (Fsp3) is 0.350. The van der Waals surface area contributed by atoms with E-state index in [1.807, 2.05) is 0 Å². The number of methoxy groups -OCH3 is 1. The highest BCUT2D eigenvalue weighted by atomic mass is 35.5. The highest BCUT2D eigenvalue weighted by Gasteiger charge is 2.28. The molecule has 0 saturated carbocycles. The molecule has 1 aliphatic heterocycles. The van der Waals surface area contributed by atoms with Crippen LogP contribution in [0.15, 0.2) is 47.4 Å². The molecule has 0 atom stereocenters. The van der Waals surface area contributed by atoms with Gasteiger partial charge in [0.2, 0.25) is 10.0 Å². The summed E-state index contributed by atoms with van der Waals surface area (Å²) in [6, 6.07) is 11.3. The third-order valence-electron chi connectivity index (χ3n) is 4.58. The van der Waals surface area contributed by atoms with E-state index < -0.39 is 15.9 Å². The molecule has 9 heteroatoms. The minimum absolute atomic E-state index is 0.0709. The average Bonchev–Trinajstić information content (AvgIpc) is 3.27. The largest absolute Gasteiger partial charge is 0.497 e. The molecule has 0 radical (unpaired) electrons. The van der Waals surface area contributed by atoms with E-state index in [1.165, 1.54) is 22.5 Å². The first-order chi connectivity index (χ1) is 13.9. The smallest absolute Gasteiger partial charge is 0.252 e. The van der Waals surface area contributed by atoms with Gasteiger partial charge in [-0.05, 0) is 43.2 Å². The molecule has 156 valence electrons. The van der Waals surface area contributed by atoms with Gasteiger partial charge in [-0.15, -0.1) is 0 Å². The SMILES string of the molecule is COc1cccc(OCCNC(=O)c2cc(S(=O)(=O)N3CCCC3)ccc2Cl)c1. The van der Waals surface area contributed by atoms with Crippen LogP contribution in [-0.4, -0.2) is 52.0 Å². The summed E-state index contributed by atoms with van der Waals surface area (Å²) in [6.07, 6.45) is 1.68. The number of hydrogen-bond donors (Lipinski definition) is 1. The molecule has 2 aromatic carbocycles. The van der Waals surface area contributed by atoms with E-state index in [4.69, 9.17) is 21.1 Å². The molecule has 1 saturated heterocycles. The van der Waals surface area contributed by atoms with Crippen LogP contribution >= 0.6 is 11.6 Å². The van der Waals surface area contributed by atoms with Crippen molar-refractivity contribution in [3.05, 3.63) is 53.1 Å². The molecule has 2 aromatic rings. The third-order valence-corrected chi connectivity index (χ3v) is 6.81. The van der Waals surface area contributed by atoms with Crippen LogP contribution in [0.4, 0.5) is 0 Å². The minimum Gasteiger partial charge on any atom is -0.497 e. The maximum Gasteiger partial charge on any atom is 0.252 e. The fourth-order valence-corrected chi connectivity index (χ4v) is 4.78. The van der Waals surface area contributed by atoms with Crippen molar-refractivity contribution in [2.24, 2.45) is 0 Å². The number of amides is 1. The molecule has 0 bridgehead atoms. The van der Waals surface area contributed by atoms with Gasteiger partial charge in [0.15, 0.2) is 0 Å². The van der Waals surface area contributed by atoms with Gasteiger partial charge in [0.05, 0.1) is 29.1 Å². The average molecular weight is 439 g/mol.